The predicted molar refractivity (Wildman–Crippen MR) is 83.3 cm³/mol. The van der Waals surface area contributed by atoms with Gasteiger partial charge in [0.25, 0.3) is 0 Å². The summed E-state index contributed by atoms with van der Waals surface area (Å²) in [7, 11) is 0. The molecule has 1 fully saturated rings. The predicted octanol–water partition coefficient (Wildman–Crippen LogP) is 2.38. The van der Waals surface area contributed by atoms with Crippen molar-refractivity contribution in [1.82, 2.24) is 9.97 Å². The SMILES string of the molecule is NC(=O)CC1CCN(c2nc(Cl)nc3ccccc23)CC1. The Bertz CT molecular complexity index is 668. The lowest BCUT2D eigenvalue weighted by Crippen LogP contribution is -2.35. The first kappa shape index (κ1) is 14.1. The number of aromatic nitrogens is 2. The monoisotopic (exact) mass is 304 g/mol. The highest BCUT2D eigenvalue weighted by molar-refractivity contribution is 6.28. The first-order valence-electron chi connectivity index (χ1n) is 7.09. The summed E-state index contributed by atoms with van der Waals surface area (Å²) in [5.41, 5.74) is 6.13. The molecule has 6 heteroatoms. The van der Waals surface area contributed by atoms with Crippen LogP contribution in [0, 0.1) is 5.92 Å². The van der Waals surface area contributed by atoms with Crippen molar-refractivity contribution < 1.29 is 4.79 Å². The number of benzene rings is 1. The minimum absolute atomic E-state index is 0.219. The molecule has 1 aromatic heterocycles. The van der Waals surface area contributed by atoms with Crippen LogP contribution in [0.2, 0.25) is 5.28 Å². The molecule has 1 saturated heterocycles. The second kappa shape index (κ2) is 5.85. The van der Waals surface area contributed by atoms with E-state index >= 15 is 0 Å². The molecule has 0 radical (unpaired) electrons. The zero-order valence-corrected chi connectivity index (χ0v) is 12.4. The molecule has 3 rings (SSSR count). The standard InChI is InChI=1S/C15H17ClN4O/c16-15-18-12-4-2-1-3-11(12)14(19-15)20-7-5-10(6-8-20)9-13(17)21/h1-4,10H,5-9H2,(H2,17,21). The number of carbonyl (C=O) groups is 1. The Morgan fingerprint density at radius 2 is 2.00 bits per heavy atom. The number of piperidine rings is 1. The van der Waals surface area contributed by atoms with Crippen LogP contribution in [-0.2, 0) is 4.79 Å². The van der Waals surface area contributed by atoms with Crippen molar-refractivity contribution in [2.75, 3.05) is 18.0 Å². The molecule has 2 heterocycles. The third-order valence-electron chi connectivity index (χ3n) is 3.96. The quantitative estimate of drug-likeness (QED) is 0.884. The van der Waals surface area contributed by atoms with E-state index < -0.39 is 0 Å². The van der Waals surface area contributed by atoms with Crippen molar-refractivity contribution in [1.29, 1.82) is 0 Å². The van der Waals surface area contributed by atoms with Gasteiger partial charge >= 0.3 is 0 Å². The van der Waals surface area contributed by atoms with E-state index in [4.69, 9.17) is 17.3 Å². The highest BCUT2D eigenvalue weighted by Gasteiger charge is 2.23. The molecule has 0 unspecified atom stereocenters. The Hall–Kier alpha value is -1.88. The number of fused-ring (bicyclic) bond motifs is 1. The van der Waals surface area contributed by atoms with E-state index in [0.717, 1.165) is 42.7 Å². The molecule has 110 valence electrons. The van der Waals surface area contributed by atoms with E-state index in [2.05, 4.69) is 14.9 Å². The summed E-state index contributed by atoms with van der Waals surface area (Å²) in [6.45, 7) is 1.71. The fraction of sp³-hybridized carbons (Fsp3) is 0.400. The van der Waals surface area contributed by atoms with Crippen LogP contribution in [0.1, 0.15) is 19.3 Å². The lowest BCUT2D eigenvalue weighted by Gasteiger charge is -2.32. The van der Waals surface area contributed by atoms with E-state index in [1.807, 2.05) is 24.3 Å². The number of hydrogen-bond acceptors (Lipinski definition) is 4. The fourth-order valence-electron chi connectivity index (χ4n) is 2.91. The molecule has 0 atom stereocenters. The summed E-state index contributed by atoms with van der Waals surface area (Å²) in [4.78, 5) is 21.9. The Kier molecular flexibility index (Phi) is 3.92. The van der Waals surface area contributed by atoms with E-state index in [0.29, 0.717) is 12.3 Å². The van der Waals surface area contributed by atoms with E-state index in [1.54, 1.807) is 0 Å². The minimum atomic E-state index is -0.219. The molecule has 0 saturated carbocycles. The largest absolute Gasteiger partial charge is 0.370 e. The number of nitrogens with zero attached hydrogens (tertiary/aromatic N) is 3. The number of primary amides is 1. The first-order valence-corrected chi connectivity index (χ1v) is 7.47. The minimum Gasteiger partial charge on any atom is -0.370 e. The van der Waals surface area contributed by atoms with Gasteiger partial charge in [-0.2, -0.15) is 4.98 Å². The van der Waals surface area contributed by atoms with E-state index in [1.165, 1.54) is 0 Å². The molecule has 1 aliphatic heterocycles. The molecule has 2 aromatic rings. The van der Waals surface area contributed by atoms with Gasteiger partial charge in [-0.1, -0.05) is 12.1 Å². The third-order valence-corrected chi connectivity index (χ3v) is 4.13. The average molecular weight is 305 g/mol. The maximum atomic E-state index is 11.0. The molecule has 1 aliphatic rings. The zero-order valence-electron chi connectivity index (χ0n) is 11.6. The number of anilines is 1. The van der Waals surface area contributed by atoms with Crippen LogP contribution in [0.4, 0.5) is 5.82 Å². The van der Waals surface area contributed by atoms with Gasteiger partial charge < -0.3 is 10.6 Å². The third kappa shape index (κ3) is 3.08. The molecular weight excluding hydrogens is 288 g/mol. The number of halogens is 1. The summed E-state index contributed by atoms with van der Waals surface area (Å²) in [6, 6.07) is 7.86. The van der Waals surface area contributed by atoms with Gasteiger partial charge in [0.05, 0.1) is 5.52 Å². The first-order chi connectivity index (χ1) is 10.1. The van der Waals surface area contributed by atoms with Crippen molar-refractivity contribution in [3.05, 3.63) is 29.5 Å². The zero-order chi connectivity index (χ0) is 14.8. The number of nitrogens with two attached hydrogens (primary N) is 1. The Balaban J connectivity index is 1.84. The normalized spacial score (nSPS) is 16.3. The molecule has 0 spiro atoms. The highest BCUT2D eigenvalue weighted by Crippen LogP contribution is 2.29. The molecule has 2 N–H and O–H groups in total. The maximum absolute atomic E-state index is 11.0. The van der Waals surface area contributed by atoms with E-state index in [9.17, 15) is 4.79 Å². The smallest absolute Gasteiger partial charge is 0.224 e. The van der Waals surface area contributed by atoms with Gasteiger partial charge in [-0.25, -0.2) is 4.98 Å². The van der Waals surface area contributed by atoms with Crippen LogP contribution < -0.4 is 10.6 Å². The van der Waals surface area contributed by atoms with Crippen molar-refractivity contribution in [3.8, 4) is 0 Å². The van der Waals surface area contributed by atoms with E-state index in [-0.39, 0.29) is 11.2 Å². The highest BCUT2D eigenvalue weighted by atomic mass is 35.5. The van der Waals surface area contributed by atoms with Gasteiger partial charge in [0.15, 0.2) is 0 Å². The summed E-state index contributed by atoms with van der Waals surface area (Å²) >= 11 is 6.03. The Morgan fingerprint density at radius 3 is 2.71 bits per heavy atom. The van der Waals surface area contributed by atoms with Crippen LogP contribution in [0.3, 0.4) is 0 Å². The van der Waals surface area contributed by atoms with Crippen LogP contribution in [0.25, 0.3) is 10.9 Å². The van der Waals surface area contributed by atoms with Crippen molar-refractivity contribution in [2.24, 2.45) is 11.7 Å². The van der Waals surface area contributed by atoms with Crippen molar-refractivity contribution in [2.45, 2.75) is 19.3 Å². The van der Waals surface area contributed by atoms with Gasteiger partial charge in [0.1, 0.15) is 5.82 Å². The second-order valence-corrected chi connectivity index (χ2v) is 5.77. The number of rotatable bonds is 3. The van der Waals surface area contributed by atoms with Crippen LogP contribution in [-0.4, -0.2) is 29.0 Å². The molecule has 1 aromatic carbocycles. The van der Waals surface area contributed by atoms with Crippen molar-refractivity contribution in [3.63, 3.8) is 0 Å². The van der Waals surface area contributed by atoms with Gasteiger partial charge in [-0.3, -0.25) is 4.79 Å². The van der Waals surface area contributed by atoms with Gasteiger partial charge in [0.2, 0.25) is 11.2 Å². The molecule has 5 nitrogen and oxygen atoms in total. The lowest BCUT2D eigenvalue weighted by molar-refractivity contribution is -0.119. The van der Waals surface area contributed by atoms with Gasteiger partial charge in [0, 0.05) is 24.9 Å². The fourth-order valence-corrected chi connectivity index (χ4v) is 3.08. The molecule has 0 bridgehead atoms. The summed E-state index contributed by atoms with van der Waals surface area (Å²) < 4.78 is 0. The van der Waals surface area contributed by atoms with Crippen LogP contribution in [0.15, 0.2) is 24.3 Å². The number of hydrogen-bond donors (Lipinski definition) is 1. The van der Waals surface area contributed by atoms with Crippen molar-refractivity contribution >= 4 is 34.2 Å². The number of para-hydroxylation sites is 1. The Morgan fingerprint density at radius 1 is 1.29 bits per heavy atom. The number of amides is 1. The Labute approximate surface area is 128 Å². The lowest BCUT2D eigenvalue weighted by atomic mass is 9.93. The summed E-state index contributed by atoms with van der Waals surface area (Å²) in [5, 5.41) is 1.28. The summed E-state index contributed by atoms with van der Waals surface area (Å²) in [6.07, 6.45) is 2.36. The summed E-state index contributed by atoms with van der Waals surface area (Å²) in [5.74, 6) is 1.04. The molecular formula is C15H17ClN4O. The average Bonchev–Trinajstić information content (AvgIpc) is 2.46. The number of carbonyl (C=O) groups excluding carboxylic acids is 1. The topological polar surface area (TPSA) is 72.1 Å². The molecule has 21 heavy (non-hydrogen) atoms. The van der Waals surface area contributed by atoms with Gasteiger partial charge in [-0.15, -0.1) is 0 Å². The maximum Gasteiger partial charge on any atom is 0.224 e. The second-order valence-electron chi connectivity index (χ2n) is 5.43. The van der Waals surface area contributed by atoms with Gasteiger partial charge in [-0.05, 0) is 42.5 Å². The van der Waals surface area contributed by atoms with Crippen LogP contribution in [0.5, 0.6) is 0 Å². The molecule has 1 amide bonds. The van der Waals surface area contributed by atoms with Crippen LogP contribution >= 0.6 is 11.6 Å². The molecule has 0 aliphatic carbocycles.